The van der Waals surface area contributed by atoms with Crippen molar-refractivity contribution in [3.63, 3.8) is 0 Å². The quantitative estimate of drug-likeness (QED) is 0.467. The van der Waals surface area contributed by atoms with Gasteiger partial charge in [-0.1, -0.05) is 43.6 Å². The number of ether oxygens (including phenoxy) is 1. The predicted molar refractivity (Wildman–Crippen MR) is 105 cm³/mol. The van der Waals surface area contributed by atoms with Crippen LogP contribution in [0.1, 0.15) is 51.4 Å². The van der Waals surface area contributed by atoms with E-state index in [1.807, 2.05) is 6.08 Å². The van der Waals surface area contributed by atoms with E-state index in [0.717, 1.165) is 37.9 Å². The zero-order chi connectivity index (χ0) is 18.4. The van der Waals surface area contributed by atoms with E-state index < -0.39 is 5.97 Å². The van der Waals surface area contributed by atoms with Crippen molar-refractivity contribution in [3.05, 3.63) is 24.3 Å². The third kappa shape index (κ3) is 5.37. The minimum absolute atomic E-state index is 0.159. The van der Waals surface area contributed by atoms with E-state index in [0.29, 0.717) is 30.0 Å². The van der Waals surface area contributed by atoms with Crippen LogP contribution >= 0.6 is 11.8 Å². The van der Waals surface area contributed by atoms with Gasteiger partial charge in [0, 0.05) is 11.7 Å². The van der Waals surface area contributed by atoms with Crippen LogP contribution in [0.4, 0.5) is 0 Å². The molecule has 2 bridgehead atoms. The second-order valence-corrected chi connectivity index (χ2v) is 8.95. The van der Waals surface area contributed by atoms with Gasteiger partial charge < -0.3 is 14.9 Å². The SMILES string of the molecule is O=C(O)CSC/C=C\C[C@H]1[C@@H](/C=C/C(O)C2CCCCC2)[C@H]2CC[C@@H]1O2. The van der Waals surface area contributed by atoms with Crippen molar-refractivity contribution in [1.29, 1.82) is 0 Å². The zero-order valence-corrected chi connectivity index (χ0v) is 16.3. The van der Waals surface area contributed by atoms with Crippen LogP contribution in [0.15, 0.2) is 24.3 Å². The van der Waals surface area contributed by atoms with Crippen LogP contribution in [0.25, 0.3) is 0 Å². The molecule has 3 rings (SSSR count). The second-order valence-electron chi connectivity index (χ2n) is 7.92. The second kappa shape index (κ2) is 9.95. The Bertz CT molecular complexity index is 512. The molecule has 2 saturated heterocycles. The Morgan fingerprint density at radius 3 is 2.65 bits per heavy atom. The molecule has 0 aromatic rings. The maximum Gasteiger partial charge on any atom is 0.313 e. The first-order valence-corrected chi connectivity index (χ1v) is 11.3. The van der Waals surface area contributed by atoms with Gasteiger partial charge >= 0.3 is 5.97 Å². The van der Waals surface area contributed by atoms with Crippen LogP contribution in [0.2, 0.25) is 0 Å². The van der Waals surface area contributed by atoms with Gasteiger partial charge in [0.1, 0.15) is 0 Å². The maximum absolute atomic E-state index is 10.5. The number of aliphatic carboxylic acids is 1. The van der Waals surface area contributed by atoms with Gasteiger partial charge in [-0.2, -0.15) is 0 Å². The van der Waals surface area contributed by atoms with Crippen molar-refractivity contribution in [1.82, 2.24) is 0 Å². The van der Waals surface area contributed by atoms with Crippen molar-refractivity contribution in [2.75, 3.05) is 11.5 Å². The fourth-order valence-corrected chi connectivity index (χ4v) is 5.36. The van der Waals surface area contributed by atoms with E-state index in [1.165, 1.54) is 31.0 Å². The molecule has 146 valence electrons. The first kappa shape index (κ1) is 20.0. The minimum Gasteiger partial charge on any atom is -0.481 e. The monoisotopic (exact) mass is 380 g/mol. The van der Waals surface area contributed by atoms with Gasteiger partial charge in [0.15, 0.2) is 0 Å². The molecule has 0 spiro atoms. The predicted octanol–water partition coefficient (Wildman–Crippen LogP) is 4.04. The zero-order valence-electron chi connectivity index (χ0n) is 15.5. The molecule has 2 N–H and O–H groups in total. The highest BCUT2D eigenvalue weighted by Crippen LogP contribution is 2.46. The molecular formula is C21H32O4S. The number of thioether (sulfide) groups is 1. The lowest BCUT2D eigenvalue weighted by Gasteiger charge is -2.27. The molecule has 26 heavy (non-hydrogen) atoms. The summed E-state index contributed by atoms with van der Waals surface area (Å²) in [7, 11) is 0. The third-order valence-corrected chi connectivity index (χ3v) is 7.04. The summed E-state index contributed by atoms with van der Waals surface area (Å²) in [5.41, 5.74) is 0. The summed E-state index contributed by atoms with van der Waals surface area (Å²) in [4.78, 5) is 10.5. The van der Waals surface area contributed by atoms with Gasteiger partial charge in [0.2, 0.25) is 0 Å². The maximum atomic E-state index is 10.5. The highest BCUT2D eigenvalue weighted by Gasteiger charge is 2.46. The van der Waals surface area contributed by atoms with Crippen LogP contribution in [0, 0.1) is 17.8 Å². The van der Waals surface area contributed by atoms with Crippen molar-refractivity contribution in [2.24, 2.45) is 17.8 Å². The van der Waals surface area contributed by atoms with Gasteiger partial charge in [-0.15, -0.1) is 11.8 Å². The average Bonchev–Trinajstić information content (AvgIpc) is 3.24. The number of hydrogen-bond donors (Lipinski definition) is 2. The first-order valence-electron chi connectivity index (χ1n) is 10.1. The molecule has 2 heterocycles. The molecule has 3 fully saturated rings. The molecule has 0 aromatic heterocycles. The number of hydrogen-bond acceptors (Lipinski definition) is 4. The number of fused-ring (bicyclic) bond motifs is 2. The molecule has 5 atom stereocenters. The van der Waals surface area contributed by atoms with Crippen LogP contribution in [-0.2, 0) is 9.53 Å². The number of allylic oxidation sites excluding steroid dienone is 1. The van der Waals surface area contributed by atoms with Crippen molar-refractivity contribution < 1.29 is 19.7 Å². The Hall–Kier alpha value is -0.780. The number of aliphatic hydroxyl groups is 1. The highest BCUT2D eigenvalue weighted by molar-refractivity contribution is 8.00. The molecule has 1 saturated carbocycles. The van der Waals surface area contributed by atoms with Gasteiger partial charge in [0.25, 0.3) is 0 Å². The number of carboxylic acid groups (broad SMARTS) is 1. The summed E-state index contributed by atoms with van der Waals surface area (Å²) < 4.78 is 6.14. The van der Waals surface area contributed by atoms with E-state index in [1.54, 1.807) is 0 Å². The van der Waals surface area contributed by atoms with Crippen LogP contribution in [0.3, 0.4) is 0 Å². The van der Waals surface area contributed by atoms with Crippen LogP contribution in [-0.4, -0.2) is 46.0 Å². The largest absolute Gasteiger partial charge is 0.481 e. The van der Waals surface area contributed by atoms with Crippen molar-refractivity contribution in [2.45, 2.75) is 69.7 Å². The molecule has 5 heteroatoms. The Morgan fingerprint density at radius 2 is 1.88 bits per heavy atom. The standard InChI is InChI=1S/C21H32O4S/c22-18(15-6-2-1-3-7-15)10-9-17-16(19-11-12-20(17)25-19)8-4-5-13-26-14-21(23)24/h4-5,9-10,15-20,22H,1-3,6-8,11-14H2,(H,23,24)/b5-4-,10-9+/t16-,17+,18?,19-,20+/m0/s1. The number of carboxylic acids is 1. The Kier molecular flexibility index (Phi) is 7.64. The van der Waals surface area contributed by atoms with Gasteiger partial charge in [-0.3, -0.25) is 4.79 Å². The summed E-state index contributed by atoms with van der Waals surface area (Å²) in [6.45, 7) is 0. The molecular weight excluding hydrogens is 348 g/mol. The normalized spacial score (nSPS) is 33.4. The molecule has 0 amide bonds. The Balaban J connectivity index is 1.49. The number of carbonyl (C=O) groups is 1. The molecule has 0 aromatic carbocycles. The van der Waals surface area contributed by atoms with E-state index >= 15 is 0 Å². The fourth-order valence-electron chi connectivity index (χ4n) is 4.80. The molecule has 4 nitrogen and oxygen atoms in total. The van der Waals surface area contributed by atoms with Crippen LogP contribution < -0.4 is 0 Å². The summed E-state index contributed by atoms with van der Waals surface area (Å²) in [6, 6.07) is 0. The minimum atomic E-state index is -0.758. The topological polar surface area (TPSA) is 66.8 Å². The summed E-state index contributed by atoms with van der Waals surface area (Å²) in [5, 5.41) is 19.2. The third-order valence-electron chi connectivity index (χ3n) is 6.16. The molecule has 0 radical (unpaired) electrons. The summed E-state index contributed by atoms with van der Waals surface area (Å²) in [6.07, 6.45) is 18.3. The molecule has 2 aliphatic heterocycles. The molecule has 1 unspecified atom stereocenters. The van der Waals surface area contributed by atoms with Gasteiger partial charge in [-0.05, 0) is 43.9 Å². The van der Waals surface area contributed by atoms with Crippen molar-refractivity contribution in [3.8, 4) is 0 Å². The van der Waals surface area contributed by atoms with E-state index in [9.17, 15) is 9.90 Å². The van der Waals surface area contributed by atoms with E-state index in [2.05, 4.69) is 18.2 Å². The highest BCUT2D eigenvalue weighted by atomic mass is 32.2. The van der Waals surface area contributed by atoms with Crippen molar-refractivity contribution >= 4 is 17.7 Å². The summed E-state index contributed by atoms with van der Waals surface area (Å²) >= 11 is 1.43. The Labute approximate surface area is 161 Å². The number of rotatable bonds is 9. The summed E-state index contributed by atoms with van der Waals surface area (Å²) in [5.74, 6) is 1.48. The lowest BCUT2D eigenvalue weighted by molar-refractivity contribution is -0.133. The fraction of sp³-hybridized carbons (Fsp3) is 0.762. The van der Waals surface area contributed by atoms with Crippen LogP contribution in [0.5, 0.6) is 0 Å². The van der Waals surface area contributed by atoms with Gasteiger partial charge in [-0.25, -0.2) is 0 Å². The average molecular weight is 381 g/mol. The molecule has 1 aliphatic carbocycles. The van der Waals surface area contributed by atoms with Gasteiger partial charge in [0.05, 0.1) is 24.1 Å². The molecule has 3 aliphatic rings. The lowest BCUT2D eigenvalue weighted by Crippen LogP contribution is -2.26. The number of aliphatic hydroxyl groups excluding tert-OH is 1. The van der Waals surface area contributed by atoms with E-state index in [4.69, 9.17) is 9.84 Å². The lowest BCUT2D eigenvalue weighted by atomic mass is 9.76. The van der Waals surface area contributed by atoms with E-state index in [-0.39, 0.29) is 11.9 Å². The Morgan fingerprint density at radius 1 is 1.12 bits per heavy atom. The smallest absolute Gasteiger partial charge is 0.313 e. The first-order chi connectivity index (χ1) is 12.6.